The van der Waals surface area contributed by atoms with Crippen molar-refractivity contribution in [3.8, 4) is 0 Å². The van der Waals surface area contributed by atoms with Crippen molar-refractivity contribution in [1.82, 2.24) is 4.98 Å². The minimum Gasteiger partial charge on any atom is -0.501 e. The third-order valence-corrected chi connectivity index (χ3v) is 2.92. The topological polar surface area (TPSA) is 85.4 Å². The molecule has 0 spiro atoms. The molecule has 90 valence electrons. The van der Waals surface area contributed by atoms with Gasteiger partial charge in [-0.25, -0.2) is 4.79 Å². The van der Waals surface area contributed by atoms with Gasteiger partial charge in [0.05, 0.1) is 29.9 Å². The Morgan fingerprint density at radius 3 is 2.82 bits per heavy atom. The first-order valence-corrected chi connectivity index (χ1v) is 5.31. The van der Waals surface area contributed by atoms with Crippen LogP contribution in [0, 0.1) is 6.92 Å². The molecule has 17 heavy (non-hydrogen) atoms. The molecule has 0 atom stereocenters. The number of pyridine rings is 1. The maximum absolute atomic E-state index is 11.1. The Kier molecular flexibility index (Phi) is 2.75. The van der Waals surface area contributed by atoms with Crippen LogP contribution >= 0.6 is 0 Å². The van der Waals surface area contributed by atoms with Crippen molar-refractivity contribution in [2.75, 3.05) is 12.8 Å². The third kappa shape index (κ3) is 1.84. The van der Waals surface area contributed by atoms with Gasteiger partial charge in [-0.1, -0.05) is 0 Å². The summed E-state index contributed by atoms with van der Waals surface area (Å²) in [5.74, 6) is -0.251. The number of nitrogens with zero attached hydrogens (tertiary/aromatic N) is 1. The number of allylic oxidation sites excluding steroid dienone is 1. The third-order valence-electron chi connectivity index (χ3n) is 2.92. The van der Waals surface area contributed by atoms with Crippen LogP contribution in [0.15, 0.2) is 5.76 Å². The Morgan fingerprint density at radius 2 is 2.24 bits per heavy atom. The predicted octanol–water partition coefficient (Wildman–Crippen LogP) is 1.60. The highest BCUT2D eigenvalue weighted by Gasteiger charge is 2.22. The number of anilines is 1. The van der Waals surface area contributed by atoms with Gasteiger partial charge in [-0.15, -0.1) is 0 Å². The minimum absolute atomic E-state index is 0.0809. The Balaban J connectivity index is 2.66. The standard InChI is InChI=1S/C12H14N2O3/c1-6-10(12(15)16)11(13)8-5-7(17-2)3-4-9(8)14-6/h5H,3-4H2,1-2H3,(H2,13,14)(H,15,16). The highest BCUT2D eigenvalue weighted by Crippen LogP contribution is 2.30. The van der Waals surface area contributed by atoms with E-state index in [1.54, 1.807) is 20.1 Å². The van der Waals surface area contributed by atoms with Gasteiger partial charge in [0, 0.05) is 12.0 Å². The molecule has 0 unspecified atom stereocenters. The quantitative estimate of drug-likeness (QED) is 0.811. The van der Waals surface area contributed by atoms with E-state index in [4.69, 9.17) is 15.6 Å². The summed E-state index contributed by atoms with van der Waals surface area (Å²) in [6.45, 7) is 1.66. The van der Waals surface area contributed by atoms with Crippen LogP contribution in [0.1, 0.15) is 33.7 Å². The van der Waals surface area contributed by atoms with Crippen molar-refractivity contribution in [2.24, 2.45) is 0 Å². The fourth-order valence-electron chi connectivity index (χ4n) is 2.06. The van der Waals surface area contributed by atoms with Gasteiger partial charge in [-0.05, 0) is 19.4 Å². The zero-order valence-electron chi connectivity index (χ0n) is 9.78. The van der Waals surface area contributed by atoms with Crippen molar-refractivity contribution < 1.29 is 14.6 Å². The molecule has 1 aliphatic rings. The molecule has 0 aliphatic heterocycles. The van der Waals surface area contributed by atoms with E-state index in [2.05, 4.69) is 4.98 Å². The van der Waals surface area contributed by atoms with Crippen LogP contribution in [0.2, 0.25) is 0 Å². The number of methoxy groups -OCH3 is 1. The van der Waals surface area contributed by atoms with Crippen molar-refractivity contribution in [3.05, 3.63) is 28.3 Å². The Morgan fingerprint density at radius 1 is 1.53 bits per heavy atom. The first kappa shape index (κ1) is 11.4. The number of aromatic carboxylic acids is 1. The number of ether oxygens (including phenoxy) is 1. The highest BCUT2D eigenvalue weighted by atomic mass is 16.5. The Labute approximate surface area is 98.9 Å². The lowest BCUT2D eigenvalue weighted by Crippen LogP contribution is -2.14. The second-order valence-electron chi connectivity index (χ2n) is 3.97. The minimum atomic E-state index is -1.05. The number of hydrogen-bond acceptors (Lipinski definition) is 4. The lowest BCUT2D eigenvalue weighted by Gasteiger charge is -2.18. The van der Waals surface area contributed by atoms with Crippen LogP contribution < -0.4 is 5.73 Å². The van der Waals surface area contributed by atoms with Crippen LogP contribution in [0.25, 0.3) is 6.08 Å². The van der Waals surface area contributed by atoms with Gasteiger partial charge in [-0.2, -0.15) is 0 Å². The van der Waals surface area contributed by atoms with Crippen molar-refractivity contribution in [3.63, 3.8) is 0 Å². The lowest BCUT2D eigenvalue weighted by molar-refractivity contribution is 0.0696. The van der Waals surface area contributed by atoms with Crippen LogP contribution in [0.3, 0.4) is 0 Å². The lowest BCUT2D eigenvalue weighted by atomic mass is 9.96. The van der Waals surface area contributed by atoms with Crippen LogP contribution in [0.5, 0.6) is 0 Å². The number of aromatic nitrogens is 1. The number of nitrogen functional groups attached to an aromatic ring is 1. The fourth-order valence-corrected chi connectivity index (χ4v) is 2.06. The van der Waals surface area contributed by atoms with Gasteiger partial charge in [0.2, 0.25) is 0 Å². The van der Waals surface area contributed by atoms with E-state index in [0.717, 1.165) is 24.3 Å². The van der Waals surface area contributed by atoms with Gasteiger partial charge in [0.15, 0.2) is 0 Å². The molecule has 2 rings (SSSR count). The normalized spacial score (nSPS) is 13.9. The van der Waals surface area contributed by atoms with Gasteiger partial charge in [0.25, 0.3) is 0 Å². The molecule has 5 nitrogen and oxygen atoms in total. The molecule has 1 aromatic rings. The summed E-state index contributed by atoms with van der Waals surface area (Å²) in [6, 6.07) is 0. The molecule has 0 fully saturated rings. The van der Waals surface area contributed by atoms with Crippen LogP contribution in [-0.4, -0.2) is 23.2 Å². The molecule has 0 bridgehead atoms. The van der Waals surface area contributed by atoms with E-state index >= 15 is 0 Å². The van der Waals surface area contributed by atoms with Gasteiger partial charge < -0.3 is 15.6 Å². The van der Waals surface area contributed by atoms with Crippen molar-refractivity contribution in [2.45, 2.75) is 19.8 Å². The first-order chi connectivity index (χ1) is 8.04. The molecule has 0 aromatic carbocycles. The van der Waals surface area contributed by atoms with Gasteiger partial charge in [-0.3, -0.25) is 4.98 Å². The molecule has 1 heterocycles. The number of carbonyl (C=O) groups is 1. The monoisotopic (exact) mass is 234 g/mol. The number of aryl methyl sites for hydroxylation is 2. The average Bonchev–Trinajstić information content (AvgIpc) is 2.28. The maximum Gasteiger partial charge on any atom is 0.339 e. The van der Waals surface area contributed by atoms with E-state index < -0.39 is 5.97 Å². The van der Waals surface area contributed by atoms with Crippen LogP contribution in [0.4, 0.5) is 5.69 Å². The molecular formula is C12H14N2O3. The summed E-state index contributed by atoms with van der Waals surface area (Å²) >= 11 is 0. The number of hydrogen-bond donors (Lipinski definition) is 2. The second-order valence-corrected chi connectivity index (χ2v) is 3.97. The predicted molar refractivity (Wildman–Crippen MR) is 63.7 cm³/mol. The molecule has 0 radical (unpaired) electrons. The van der Waals surface area contributed by atoms with Crippen molar-refractivity contribution >= 4 is 17.7 Å². The van der Waals surface area contributed by atoms with Crippen molar-refractivity contribution in [1.29, 1.82) is 0 Å². The number of carboxylic acids is 1. The average molecular weight is 234 g/mol. The molecule has 0 saturated heterocycles. The number of fused-ring (bicyclic) bond motifs is 1. The molecular weight excluding hydrogens is 220 g/mol. The van der Waals surface area contributed by atoms with E-state index in [1.165, 1.54) is 0 Å². The van der Waals surface area contributed by atoms with E-state index in [1.807, 2.05) is 0 Å². The Hall–Kier alpha value is -2.04. The molecule has 1 aromatic heterocycles. The second kappa shape index (κ2) is 4.08. The van der Waals surface area contributed by atoms with Crippen LogP contribution in [-0.2, 0) is 11.2 Å². The number of carboxylic acid groups (broad SMARTS) is 1. The summed E-state index contributed by atoms with van der Waals surface area (Å²) in [5, 5.41) is 9.10. The zero-order chi connectivity index (χ0) is 12.6. The zero-order valence-corrected chi connectivity index (χ0v) is 9.78. The molecule has 0 saturated carbocycles. The summed E-state index contributed by atoms with van der Waals surface area (Å²) in [5.41, 5.74) is 8.23. The van der Waals surface area contributed by atoms with E-state index in [-0.39, 0.29) is 11.3 Å². The summed E-state index contributed by atoms with van der Waals surface area (Å²) in [7, 11) is 1.59. The summed E-state index contributed by atoms with van der Waals surface area (Å²) in [4.78, 5) is 15.4. The largest absolute Gasteiger partial charge is 0.501 e. The van der Waals surface area contributed by atoms with E-state index in [9.17, 15) is 4.79 Å². The smallest absolute Gasteiger partial charge is 0.339 e. The summed E-state index contributed by atoms with van der Waals surface area (Å²) in [6.07, 6.45) is 3.26. The van der Waals surface area contributed by atoms with Gasteiger partial charge >= 0.3 is 5.97 Å². The van der Waals surface area contributed by atoms with Gasteiger partial charge in [0.1, 0.15) is 5.56 Å². The highest BCUT2D eigenvalue weighted by molar-refractivity contribution is 5.97. The fraction of sp³-hybridized carbons (Fsp3) is 0.333. The summed E-state index contributed by atoms with van der Waals surface area (Å²) < 4.78 is 5.16. The molecule has 3 N–H and O–H groups in total. The molecule has 1 aliphatic carbocycles. The number of rotatable bonds is 2. The Bertz CT molecular complexity index is 521. The number of nitrogens with two attached hydrogens (primary N) is 1. The molecule has 5 heteroatoms. The SMILES string of the molecule is COC1=Cc2c(nc(C)c(C(=O)O)c2N)CC1. The maximum atomic E-state index is 11.1. The first-order valence-electron chi connectivity index (χ1n) is 5.31. The van der Waals surface area contributed by atoms with E-state index in [0.29, 0.717) is 11.3 Å². The molecule has 0 amide bonds.